The minimum absolute atomic E-state index is 0.0549. The lowest BCUT2D eigenvalue weighted by Gasteiger charge is -2.33. The van der Waals surface area contributed by atoms with Crippen molar-refractivity contribution in [1.82, 2.24) is 19.5 Å². The lowest BCUT2D eigenvalue weighted by molar-refractivity contribution is -0.149. The van der Waals surface area contributed by atoms with Crippen LogP contribution in [0, 0.1) is 0 Å². The van der Waals surface area contributed by atoms with Gasteiger partial charge < -0.3 is 24.8 Å². The molecule has 2 saturated heterocycles. The summed E-state index contributed by atoms with van der Waals surface area (Å²) in [5.74, 6) is -0.304. The number of carbonyl (C=O) groups excluding carboxylic acids is 1. The Bertz CT molecular complexity index is 926. The van der Waals surface area contributed by atoms with Crippen LogP contribution in [0.2, 0.25) is 0 Å². The number of nitrogen functional groups attached to an aromatic ring is 1. The Hall–Kier alpha value is -1.73. The highest BCUT2D eigenvalue weighted by Crippen LogP contribution is 2.57. The summed E-state index contributed by atoms with van der Waals surface area (Å²) in [6.45, 7) is -2.29. The van der Waals surface area contributed by atoms with E-state index in [2.05, 4.69) is 15.0 Å². The molecule has 2 aliphatic rings. The van der Waals surface area contributed by atoms with Gasteiger partial charge in [-0.3, -0.25) is 18.4 Å². The van der Waals surface area contributed by atoms with Gasteiger partial charge in [0.25, 0.3) is 0 Å². The van der Waals surface area contributed by atoms with Crippen LogP contribution in [0.3, 0.4) is 0 Å². The number of aliphatic hydroxyl groups excluding tert-OH is 1. The lowest BCUT2D eigenvalue weighted by atomic mass is 10.1. The average molecular weight is 417 g/mol. The predicted molar refractivity (Wildman–Crippen MR) is 92.5 cm³/mol. The van der Waals surface area contributed by atoms with Gasteiger partial charge in [-0.05, 0) is 11.8 Å². The second-order valence-electron chi connectivity index (χ2n) is 5.83. The molecule has 14 heteroatoms. The number of aromatic nitrogens is 4. The largest absolute Gasteiger partial charge is 0.438 e. The summed E-state index contributed by atoms with van der Waals surface area (Å²) in [4.78, 5) is 23.0. The number of aliphatic hydroxyl groups is 1. The predicted octanol–water partition coefficient (Wildman–Crippen LogP) is -0.156. The summed E-state index contributed by atoms with van der Waals surface area (Å²) < 4.78 is 28.5. The van der Waals surface area contributed by atoms with E-state index in [0.29, 0.717) is 11.2 Å². The Labute approximate surface area is 157 Å². The molecule has 0 aliphatic carbocycles. The molecule has 0 bridgehead atoms. The maximum atomic E-state index is 10.8. The van der Waals surface area contributed by atoms with E-state index in [1.165, 1.54) is 19.6 Å². The second-order valence-corrected chi connectivity index (χ2v) is 8.80. The molecule has 5 atom stereocenters. The van der Waals surface area contributed by atoms with Crippen LogP contribution in [0.5, 0.6) is 0 Å². The van der Waals surface area contributed by atoms with Gasteiger partial charge >= 0.3 is 12.7 Å². The van der Waals surface area contributed by atoms with E-state index in [9.17, 15) is 9.90 Å². The molecule has 2 aromatic heterocycles. The SMILES string of the molecule is CC(=O)OCOP1(=S)OC[C@H]2O[C@@H](n3cnc4c(N)ncnc43)C(O)C2O1. The van der Waals surface area contributed by atoms with Crippen molar-refractivity contribution < 1.29 is 32.9 Å². The van der Waals surface area contributed by atoms with Gasteiger partial charge in [0.15, 0.2) is 17.7 Å². The van der Waals surface area contributed by atoms with Gasteiger partial charge in [0.05, 0.1) is 12.9 Å². The van der Waals surface area contributed by atoms with E-state index in [1.807, 2.05) is 0 Å². The number of esters is 1. The standard InChI is InChI=1S/C13H16N5O7PS/c1-6(19)21-5-23-26(27)22-2-7-10(25-26)9(20)13(24-7)18-4-17-8-11(14)15-3-16-12(8)18/h3-4,7,9-10,13,20H,2,5H2,1H3,(H2,14,15,16)/t7-,9?,10?,13-,26?/m1/s1. The van der Waals surface area contributed by atoms with Crippen molar-refractivity contribution in [2.24, 2.45) is 0 Å². The van der Waals surface area contributed by atoms with Crippen molar-refractivity contribution in [2.75, 3.05) is 19.1 Å². The lowest BCUT2D eigenvalue weighted by Crippen LogP contribution is -2.39. The molecule has 12 nitrogen and oxygen atoms in total. The molecule has 0 spiro atoms. The monoisotopic (exact) mass is 417 g/mol. The normalized spacial score (nSPS) is 33.1. The zero-order chi connectivity index (χ0) is 19.2. The Balaban J connectivity index is 1.52. The van der Waals surface area contributed by atoms with E-state index in [0.717, 1.165) is 0 Å². The van der Waals surface area contributed by atoms with E-state index < -0.39 is 44.0 Å². The molecule has 2 aliphatic heterocycles. The van der Waals surface area contributed by atoms with Gasteiger partial charge in [-0.25, -0.2) is 15.0 Å². The molecule has 2 aromatic rings. The first kappa shape index (κ1) is 18.6. The topological polar surface area (TPSA) is 153 Å². The average Bonchev–Trinajstić information content (AvgIpc) is 3.17. The van der Waals surface area contributed by atoms with Crippen LogP contribution in [-0.4, -0.2) is 62.3 Å². The molecule has 3 N–H and O–H groups in total. The molecule has 4 heterocycles. The Morgan fingerprint density at radius 2 is 2.33 bits per heavy atom. The van der Waals surface area contributed by atoms with Gasteiger partial charge in [-0.2, -0.15) is 0 Å². The first-order valence-electron chi connectivity index (χ1n) is 7.85. The molecule has 4 rings (SSSR count). The summed E-state index contributed by atoms with van der Waals surface area (Å²) in [6, 6.07) is 0. The number of imidazole rings is 1. The fourth-order valence-corrected chi connectivity index (χ4v) is 4.73. The maximum Gasteiger partial charge on any atom is 0.330 e. The highest BCUT2D eigenvalue weighted by molar-refractivity contribution is 8.07. The number of carbonyl (C=O) groups is 1. The quantitative estimate of drug-likeness (QED) is 0.386. The molecule has 27 heavy (non-hydrogen) atoms. The molecular weight excluding hydrogens is 401 g/mol. The highest BCUT2D eigenvalue weighted by Gasteiger charge is 2.52. The second kappa shape index (κ2) is 7.02. The fourth-order valence-electron chi connectivity index (χ4n) is 2.86. The van der Waals surface area contributed by atoms with Gasteiger partial charge in [0, 0.05) is 6.92 Å². The zero-order valence-corrected chi connectivity index (χ0v) is 15.7. The van der Waals surface area contributed by atoms with Crippen molar-refractivity contribution in [2.45, 2.75) is 31.5 Å². The number of hydrogen-bond acceptors (Lipinski definition) is 12. The molecular formula is C13H16N5O7PS. The molecule has 3 unspecified atom stereocenters. The highest BCUT2D eigenvalue weighted by atomic mass is 32.5. The van der Waals surface area contributed by atoms with E-state index in [4.69, 9.17) is 40.6 Å². The summed E-state index contributed by atoms with van der Waals surface area (Å²) in [7, 11) is 0. The Morgan fingerprint density at radius 1 is 1.52 bits per heavy atom. The third-order valence-corrected chi connectivity index (χ3v) is 6.37. The van der Waals surface area contributed by atoms with Crippen LogP contribution in [0.4, 0.5) is 5.82 Å². The van der Waals surface area contributed by atoms with Crippen LogP contribution < -0.4 is 5.73 Å². The van der Waals surface area contributed by atoms with Crippen LogP contribution in [0.1, 0.15) is 13.2 Å². The number of nitrogens with zero attached hydrogens (tertiary/aromatic N) is 4. The summed E-state index contributed by atoms with van der Waals surface area (Å²) in [5.41, 5.74) is 6.60. The number of anilines is 1. The first-order valence-corrected chi connectivity index (χ1v) is 10.4. The third-order valence-electron chi connectivity index (χ3n) is 4.09. The van der Waals surface area contributed by atoms with E-state index in [1.54, 1.807) is 4.57 Å². The van der Waals surface area contributed by atoms with Gasteiger partial charge in [0.1, 0.15) is 30.2 Å². The molecule has 146 valence electrons. The first-order chi connectivity index (χ1) is 12.9. The minimum atomic E-state index is -3.19. The minimum Gasteiger partial charge on any atom is -0.438 e. The van der Waals surface area contributed by atoms with Crippen LogP contribution in [-0.2, 0) is 39.6 Å². The van der Waals surface area contributed by atoms with E-state index in [-0.39, 0.29) is 12.4 Å². The molecule has 2 fully saturated rings. The zero-order valence-electron chi connectivity index (χ0n) is 14.0. The van der Waals surface area contributed by atoms with Gasteiger partial charge in [-0.15, -0.1) is 0 Å². The number of fused-ring (bicyclic) bond motifs is 2. The number of ether oxygens (including phenoxy) is 2. The summed E-state index contributed by atoms with van der Waals surface area (Å²) in [6.07, 6.45) is -0.537. The van der Waals surface area contributed by atoms with Gasteiger partial charge in [0.2, 0.25) is 6.79 Å². The molecule has 0 aromatic carbocycles. The maximum absolute atomic E-state index is 10.8. The fraction of sp³-hybridized carbons (Fsp3) is 0.538. The van der Waals surface area contributed by atoms with E-state index >= 15 is 0 Å². The number of nitrogens with two attached hydrogens (primary N) is 1. The van der Waals surface area contributed by atoms with Crippen molar-refractivity contribution in [3.05, 3.63) is 12.7 Å². The van der Waals surface area contributed by atoms with Crippen molar-refractivity contribution in [3.63, 3.8) is 0 Å². The summed E-state index contributed by atoms with van der Waals surface area (Å²) >= 11 is 5.25. The smallest absolute Gasteiger partial charge is 0.330 e. The van der Waals surface area contributed by atoms with Crippen LogP contribution in [0.25, 0.3) is 11.2 Å². The molecule has 0 amide bonds. The van der Waals surface area contributed by atoms with Crippen molar-refractivity contribution in [3.8, 4) is 0 Å². The molecule has 0 saturated carbocycles. The third kappa shape index (κ3) is 3.43. The van der Waals surface area contributed by atoms with Crippen molar-refractivity contribution in [1.29, 1.82) is 0 Å². The molecule has 0 radical (unpaired) electrons. The van der Waals surface area contributed by atoms with Crippen LogP contribution >= 0.6 is 6.72 Å². The Morgan fingerprint density at radius 3 is 3.11 bits per heavy atom. The Kier molecular flexibility index (Phi) is 4.84. The number of rotatable bonds is 4. The van der Waals surface area contributed by atoms with Crippen molar-refractivity contribution >= 4 is 41.5 Å². The summed E-state index contributed by atoms with van der Waals surface area (Å²) in [5, 5.41) is 10.7. The van der Waals surface area contributed by atoms with Gasteiger partial charge in [-0.1, -0.05) is 0 Å². The number of hydrogen-bond donors (Lipinski definition) is 2. The van der Waals surface area contributed by atoms with Crippen LogP contribution in [0.15, 0.2) is 12.7 Å².